The average Bonchev–Trinajstić information content (AvgIpc) is 2.64. The Kier molecular flexibility index (Phi) is 8.30. The van der Waals surface area contributed by atoms with Gasteiger partial charge in [0.05, 0.1) is 12.8 Å². The maximum absolute atomic E-state index is 12.2. The highest BCUT2D eigenvalue weighted by Gasteiger charge is 2.30. The van der Waals surface area contributed by atoms with Crippen LogP contribution in [0.25, 0.3) is 11.1 Å². The molecule has 1 aromatic carbocycles. The minimum Gasteiger partial charge on any atom is -0.465 e. The fraction of sp³-hybridized carbons (Fsp3) is 0.520. The Labute approximate surface area is 198 Å². The molecule has 2 aromatic rings. The zero-order chi connectivity index (χ0) is 25.1. The average molecular weight is 476 g/mol. The summed E-state index contributed by atoms with van der Waals surface area (Å²) in [5.74, 6) is 0.314. The lowest BCUT2D eigenvalue weighted by molar-refractivity contribution is 0.0954. The summed E-state index contributed by atoms with van der Waals surface area (Å²) < 4.78 is 26.4. The van der Waals surface area contributed by atoms with Crippen LogP contribution in [-0.4, -0.2) is 41.3 Å². The molecule has 0 saturated heterocycles. The van der Waals surface area contributed by atoms with E-state index in [1.807, 2.05) is 58.9 Å². The van der Waals surface area contributed by atoms with Crippen molar-refractivity contribution in [2.45, 2.75) is 73.5 Å². The first-order valence-corrected chi connectivity index (χ1v) is 13.0. The van der Waals surface area contributed by atoms with Gasteiger partial charge in [-0.05, 0) is 63.6 Å². The smallest absolute Gasteiger partial charge is 0.408 e. The van der Waals surface area contributed by atoms with Crippen molar-refractivity contribution in [2.24, 2.45) is 5.92 Å². The molecule has 0 fully saturated rings. The SMILES string of the molecule is Cc1ccc(-c2c(CNS(C)(=O)=O)c(C)nc(CC(C)C)c2CN(C(=O)O)C(C)(C)C)cc1. The first-order valence-electron chi connectivity index (χ1n) is 11.1. The summed E-state index contributed by atoms with van der Waals surface area (Å²) in [5, 5.41) is 9.99. The molecular formula is C25H37N3O4S. The third kappa shape index (κ3) is 7.27. The van der Waals surface area contributed by atoms with Gasteiger partial charge in [-0.3, -0.25) is 9.88 Å². The van der Waals surface area contributed by atoms with Gasteiger partial charge < -0.3 is 5.11 Å². The molecule has 0 atom stereocenters. The number of nitrogens with zero attached hydrogens (tertiary/aromatic N) is 2. The van der Waals surface area contributed by atoms with Crippen molar-refractivity contribution >= 4 is 16.1 Å². The van der Waals surface area contributed by atoms with Gasteiger partial charge in [0.15, 0.2) is 0 Å². The van der Waals surface area contributed by atoms with Crippen molar-refractivity contribution in [1.29, 1.82) is 0 Å². The van der Waals surface area contributed by atoms with E-state index in [-0.39, 0.29) is 13.1 Å². The first kappa shape index (κ1) is 26.8. The van der Waals surface area contributed by atoms with Crippen molar-refractivity contribution in [3.63, 3.8) is 0 Å². The molecule has 2 N–H and O–H groups in total. The van der Waals surface area contributed by atoms with Crippen LogP contribution in [0.2, 0.25) is 0 Å². The summed E-state index contributed by atoms with van der Waals surface area (Å²) in [5.41, 5.74) is 5.40. The third-order valence-electron chi connectivity index (χ3n) is 5.50. The second-order valence-corrected chi connectivity index (χ2v) is 11.9. The molecular weight excluding hydrogens is 438 g/mol. The van der Waals surface area contributed by atoms with Gasteiger partial charge in [0, 0.05) is 29.0 Å². The molecule has 1 heterocycles. The van der Waals surface area contributed by atoms with Crippen LogP contribution in [0.3, 0.4) is 0 Å². The van der Waals surface area contributed by atoms with Gasteiger partial charge >= 0.3 is 6.09 Å². The quantitative estimate of drug-likeness (QED) is 0.566. The zero-order valence-corrected chi connectivity index (χ0v) is 21.8. The molecule has 2 rings (SSSR count). The highest BCUT2D eigenvalue weighted by molar-refractivity contribution is 7.88. The van der Waals surface area contributed by atoms with Crippen LogP contribution < -0.4 is 4.72 Å². The molecule has 33 heavy (non-hydrogen) atoms. The fourth-order valence-electron chi connectivity index (χ4n) is 3.81. The van der Waals surface area contributed by atoms with E-state index in [9.17, 15) is 18.3 Å². The number of amides is 1. The van der Waals surface area contributed by atoms with E-state index in [4.69, 9.17) is 4.98 Å². The van der Waals surface area contributed by atoms with Crippen LogP contribution in [0.1, 0.15) is 62.7 Å². The predicted molar refractivity (Wildman–Crippen MR) is 133 cm³/mol. The number of nitrogens with one attached hydrogen (secondary N) is 1. The lowest BCUT2D eigenvalue weighted by Crippen LogP contribution is -2.44. The van der Waals surface area contributed by atoms with Gasteiger partial charge in [-0.2, -0.15) is 0 Å². The third-order valence-corrected chi connectivity index (χ3v) is 6.17. The van der Waals surface area contributed by atoms with Gasteiger partial charge in [0.1, 0.15) is 0 Å². The highest BCUT2D eigenvalue weighted by atomic mass is 32.2. The molecule has 8 heteroatoms. The molecule has 0 radical (unpaired) electrons. The van der Waals surface area contributed by atoms with Gasteiger partial charge in [-0.1, -0.05) is 43.7 Å². The lowest BCUT2D eigenvalue weighted by atomic mass is 9.89. The van der Waals surface area contributed by atoms with Crippen molar-refractivity contribution in [3.05, 3.63) is 52.3 Å². The van der Waals surface area contributed by atoms with E-state index in [2.05, 4.69) is 18.6 Å². The van der Waals surface area contributed by atoms with Crippen molar-refractivity contribution in [2.75, 3.05) is 6.26 Å². The normalized spacial score (nSPS) is 12.3. The molecule has 182 valence electrons. The van der Waals surface area contributed by atoms with E-state index in [0.29, 0.717) is 12.3 Å². The summed E-state index contributed by atoms with van der Waals surface area (Å²) >= 11 is 0. The van der Waals surface area contributed by atoms with E-state index in [1.54, 1.807) is 0 Å². The molecule has 0 aliphatic rings. The number of sulfonamides is 1. The Morgan fingerprint density at radius 2 is 1.70 bits per heavy atom. The standard InChI is InChI=1S/C25H37N3O4S/c1-16(2)13-22-21(15-28(24(29)30)25(5,6)7)23(19-11-9-17(3)10-12-19)20(18(4)27-22)14-26-33(8,31)32/h9-12,16,26H,13-15H2,1-8H3,(H,29,30). The molecule has 0 aliphatic carbocycles. The van der Waals surface area contributed by atoms with Crippen LogP contribution in [0.15, 0.2) is 24.3 Å². The number of carboxylic acid groups (broad SMARTS) is 1. The van der Waals surface area contributed by atoms with E-state index >= 15 is 0 Å². The van der Waals surface area contributed by atoms with Crippen LogP contribution >= 0.6 is 0 Å². The minimum atomic E-state index is -3.43. The number of pyridine rings is 1. The van der Waals surface area contributed by atoms with Crippen LogP contribution in [0.4, 0.5) is 4.79 Å². The molecule has 0 saturated carbocycles. The Bertz CT molecular complexity index is 1100. The maximum atomic E-state index is 12.2. The second-order valence-electron chi connectivity index (χ2n) is 10.1. The van der Waals surface area contributed by atoms with Crippen LogP contribution in [-0.2, 0) is 29.5 Å². The number of carbonyl (C=O) groups is 1. The highest BCUT2D eigenvalue weighted by Crippen LogP contribution is 2.35. The van der Waals surface area contributed by atoms with Crippen molar-refractivity contribution in [3.8, 4) is 11.1 Å². The number of rotatable bonds is 8. The van der Waals surface area contributed by atoms with Gasteiger partial charge in [-0.15, -0.1) is 0 Å². The van der Waals surface area contributed by atoms with Gasteiger partial charge in [0.25, 0.3) is 0 Å². The number of aryl methyl sites for hydroxylation is 2. The molecule has 0 aliphatic heterocycles. The van der Waals surface area contributed by atoms with Crippen LogP contribution in [0.5, 0.6) is 0 Å². The zero-order valence-electron chi connectivity index (χ0n) is 21.0. The topological polar surface area (TPSA) is 99.6 Å². The van der Waals surface area contributed by atoms with Gasteiger partial charge in [0.2, 0.25) is 10.0 Å². The van der Waals surface area contributed by atoms with Crippen molar-refractivity contribution < 1.29 is 18.3 Å². The number of aromatic nitrogens is 1. The molecule has 7 nitrogen and oxygen atoms in total. The molecule has 1 aromatic heterocycles. The monoisotopic (exact) mass is 475 g/mol. The molecule has 1 amide bonds. The lowest BCUT2D eigenvalue weighted by Gasteiger charge is -2.35. The summed E-state index contributed by atoms with van der Waals surface area (Å²) in [6, 6.07) is 8.00. The summed E-state index contributed by atoms with van der Waals surface area (Å²) in [7, 11) is -3.43. The molecule has 0 spiro atoms. The first-order chi connectivity index (χ1) is 15.1. The Morgan fingerprint density at radius 1 is 1.12 bits per heavy atom. The van der Waals surface area contributed by atoms with Crippen molar-refractivity contribution in [1.82, 2.24) is 14.6 Å². The Morgan fingerprint density at radius 3 is 2.15 bits per heavy atom. The maximum Gasteiger partial charge on any atom is 0.408 e. The Balaban J connectivity index is 2.87. The van der Waals surface area contributed by atoms with E-state index in [1.165, 1.54) is 4.90 Å². The largest absolute Gasteiger partial charge is 0.465 e. The minimum absolute atomic E-state index is 0.0818. The molecule has 0 unspecified atom stereocenters. The second kappa shape index (κ2) is 10.2. The van der Waals surface area contributed by atoms with E-state index < -0.39 is 21.7 Å². The number of hydrogen-bond acceptors (Lipinski definition) is 4. The predicted octanol–water partition coefficient (Wildman–Crippen LogP) is 4.89. The summed E-state index contributed by atoms with van der Waals surface area (Å²) in [6.07, 6.45) is 0.803. The van der Waals surface area contributed by atoms with Gasteiger partial charge in [-0.25, -0.2) is 17.9 Å². The Hall–Kier alpha value is -2.45. The van der Waals surface area contributed by atoms with Crippen LogP contribution in [0, 0.1) is 19.8 Å². The van der Waals surface area contributed by atoms with E-state index in [0.717, 1.165) is 45.5 Å². The molecule has 0 bridgehead atoms. The number of hydrogen-bond donors (Lipinski definition) is 2. The summed E-state index contributed by atoms with van der Waals surface area (Å²) in [4.78, 5) is 18.5. The fourth-order valence-corrected chi connectivity index (χ4v) is 4.22. The number of benzene rings is 1. The summed E-state index contributed by atoms with van der Waals surface area (Å²) in [6.45, 7) is 13.9.